The summed E-state index contributed by atoms with van der Waals surface area (Å²) in [5.41, 5.74) is 0.302. The average molecular weight is 270 g/mol. The number of hydrogen-bond acceptors (Lipinski definition) is 3. The molecule has 0 atom stereocenters. The summed E-state index contributed by atoms with van der Waals surface area (Å²) in [6.45, 7) is 0. The van der Waals surface area contributed by atoms with Crippen molar-refractivity contribution >= 4 is 33.9 Å². The first kappa shape index (κ1) is 9.85. The van der Waals surface area contributed by atoms with Gasteiger partial charge in [-0.15, -0.1) is 0 Å². The molecule has 0 radical (unpaired) electrons. The van der Waals surface area contributed by atoms with E-state index in [0.29, 0.717) is 0 Å². The molecule has 1 N–H and O–H groups in total. The summed E-state index contributed by atoms with van der Waals surface area (Å²) in [6, 6.07) is 3.82. The lowest BCUT2D eigenvalue weighted by Gasteiger charge is -1.98. The number of benzene rings is 1. The third-order valence-corrected chi connectivity index (χ3v) is 2.73. The van der Waals surface area contributed by atoms with Crippen molar-refractivity contribution in [3.8, 4) is 0 Å². The Kier molecular flexibility index (Phi) is 2.08. The predicted molar refractivity (Wildman–Crippen MR) is 52.8 cm³/mol. The van der Waals surface area contributed by atoms with Gasteiger partial charge in [0.25, 0.3) is 11.8 Å². The maximum absolute atomic E-state index is 11.4. The number of carboxylic acid groups (broad SMARTS) is 1. The van der Waals surface area contributed by atoms with E-state index in [1.54, 1.807) is 0 Å². The molecule has 1 heterocycles. The molecular weight excluding hydrogens is 266 g/mol. The normalized spacial score (nSPS) is 14.3. The fourth-order valence-electron chi connectivity index (χ4n) is 1.34. The van der Waals surface area contributed by atoms with Gasteiger partial charge in [-0.3, -0.25) is 9.59 Å². The number of carbonyl (C=O) groups is 3. The molecule has 0 fully saturated rings. The molecule has 6 heteroatoms. The standard InChI is InChI=1S/C9H4BrNO4/c10-11-7(12)5-2-1-4(9(14)15)3-6(5)8(11)13/h1-3H,(H,14,15). The van der Waals surface area contributed by atoms with Crippen LogP contribution < -0.4 is 0 Å². The minimum absolute atomic E-state index is 0.0160. The highest BCUT2D eigenvalue weighted by molar-refractivity contribution is 9.08. The van der Waals surface area contributed by atoms with Gasteiger partial charge in [-0.2, -0.15) is 0 Å². The van der Waals surface area contributed by atoms with Gasteiger partial charge in [-0.05, 0) is 18.2 Å². The van der Waals surface area contributed by atoms with Gasteiger partial charge in [0.1, 0.15) is 0 Å². The number of hydrogen-bond donors (Lipinski definition) is 1. The van der Waals surface area contributed by atoms with E-state index < -0.39 is 17.8 Å². The van der Waals surface area contributed by atoms with E-state index in [0.717, 1.165) is 3.93 Å². The lowest BCUT2D eigenvalue weighted by molar-refractivity contribution is 0.0695. The third kappa shape index (κ3) is 1.33. The van der Waals surface area contributed by atoms with Crippen LogP contribution in [0.4, 0.5) is 0 Å². The minimum atomic E-state index is -1.13. The largest absolute Gasteiger partial charge is 0.478 e. The molecule has 5 nitrogen and oxygen atoms in total. The highest BCUT2D eigenvalue weighted by atomic mass is 79.9. The van der Waals surface area contributed by atoms with Crippen LogP contribution in [-0.2, 0) is 0 Å². The van der Waals surface area contributed by atoms with Crippen molar-refractivity contribution < 1.29 is 19.5 Å². The zero-order valence-corrected chi connectivity index (χ0v) is 8.82. The Hall–Kier alpha value is -1.69. The van der Waals surface area contributed by atoms with Crippen LogP contribution in [0.25, 0.3) is 0 Å². The highest BCUT2D eigenvalue weighted by Gasteiger charge is 2.34. The van der Waals surface area contributed by atoms with Crippen LogP contribution in [0.5, 0.6) is 0 Å². The number of halogens is 1. The van der Waals surface area contributed by atoms with Gasteiger partial charge in [-0.25, -0.2) is 8.72 Å². The Morgan fingerprint density at radius 2 is 1.80 bits per heavy atom. The molecule has 76 valence electrons. The van der Waals surface area contributed by atoms with Gasteiger partial charge in [0.15, 0.2) is 0 Å². The van der Waals surface area contributed by atoms with Crippen molar-refractivity contribution in [1.82, 2.24) is 3.93 Å². The van der Waals surface area contributed by atoms with Crippen molar-refractivity contribution in [1.29, 1.82) is 0 Å². The lowest BCUT2D eigenvalue weighted by atomic mass is 10.1. The molecule has 0 aliphatic carbocycles. The second-order valence-electron chi connectivity index (χ2n) is 2.96. The summed E-state index contributed by atoms with van der Waals surface area (Å²) in [4.78, 5) is 33.5. The van der Waals surface area contributed by atoms with E-state index in [1.165, 1.54) is 18.2 Å². The SMILES string of the molecule is O=C(O)c1ccc2c(c1)C(=O)N(Br)C2=O. The molecule has 1 aliphatic heterocycles. The third-order valence-electron chi connectivity index (χ3n) is 2.08. The molecule has 0 bridgehead atoms. The number of amides is 2. The number of rotatable bonds is 1. The van der Waals surface area contributed by atoms with E-state index in [1.807, 2.05) is 0 Å². The summed E-state index contributed by atoms with van der Waals surface area (Å²) in [6.07, 6.45) is 0. The topological polar surface area (TPSA) is 74.7 Å². The highest BCUT2D eigenvalue weighted by Crippen LogP contribution is 2.26. The molecule has 15 heavy (non-hydrogen) atoms. The number of fused-ring (bicyclic) bond motifs is 1. The van der Waals surface area contributed by atoms with Crippen molar-refractivity contribution in [2.75, 3.05) is 0 Å². The zero-order chi connectivity index (χ0) is 11.2. The Labute approximate surface area is 92.6 Å². The first-order valence-corrected chi connectivity index (χ1v) is 4.65. The number of imide groups is 1. The van der Waals surface area contributed by atoms with E-state index in [9.17, 15) is 14.4 Å². The van der Waals surface area contributed by atoms with E-state index in [-0.39, 0.29) is 16.7 Å². The van der Waals surface area contributed by atoms with Gasteiger partial charge in [0.05, 0.1) is 32.8 Å². The molecule has 1 aromatic carbocycles. The molecule has 2 amide bonds. The first-order valence-electron chi connectivity index (χ1n) is 3.94. The maximum atomic E-state index is 11.4. The van der Waals surface area contributed by atoms with Crippen LogP contribution in [0.3, 0.4) is 0 Å². The monoisotopic (exact) mass is 269 g/mol. The minimum Gasteiger partial charge on any atom is -0.478 e. The fourth-order valence-corrected chi connectivity index (χ4v) is 1.73. The van der Waals surface area contributed by atoms with E-state index in [4.69, 9.17) is 5.11 Å². The van der Waals surface area contributed by atoms with Gasteiger partial charge in [0, 0.05) is 0 Å². The molecule has 0 aromatic heterocycles. The molecule has 0 saturated heterocycles. The summed E-state index contributed by atoms with van der Waals surface area (Å²) in [5.74, 6) is -2.16. The van der Waals surface area contributed by atoms with Crippen LogP contribution in [0.2, 0.25) is 0 Å². The Morgan fingerprint density at radius 1 is 1.20 bits per heavy atom. The predicted octanol–water partition coefficient (Wildman–Crippen LogP) is 1.29. The Balaban J connectivity index is 2.61. The van der Waals surface area contributed by atoms with Crippen molar-refractivity contribution in [2.45, 2.75) is 0 Å². The summed E-state index contributed by atoms with van der Waals surface area (Å²) < 4.78 is 0.781. The molecular formula is C9H4BrNO4. The smallest absolute Gasteiger partial charge is 0.335 e. The summed E-state index contributed by atoms with van der Waals surface area (Å²) >= 11 is 2.80. The van der Waals surface area contributed by atoms with Crippen molar-refractivity contribution in [3.63, 3.8) is 0 Å². The second kappa shape index (κ2) is 3.16. The molecule has 0 saturated carbocycles. The second-order valence-corrected chi connectivity index (χ2v) is 3.67. The summed E-state index contributed by atoms with van der Waals surface area (Å²) in [5, 5.41) is 8.71. The van der Waals surface area contributed by atoms with Crippen LogP contribution in [0.1, 0.15) is 31.1 Å². The Bertz CT molecular complexity index is 497. The molecule has 1 aliphatic rings. The number of nitrogens with zero attached hydrogens (tertiary/aromatic N) is 1. The van der Waals surface area contributed by atoms with Gasteiger partial charge < -0.3 is 5.11 Å². The van der Waals surface area contributed by atoms with Gasteiger partial charge in [-0.1, -0.05) is 0 Å². The van der Waals surface area contributed by atoms with Crippen molar-refractivity contribution in [2.24, 2.45) is 0 Å². The van der Waals surface area contributed by atoms with E-state index in [2.05, 4.69) is 16.1 Å². The van der Waals surface area contributed by atoms with Crippen LogP contribution in [0, 0.1) is 0 Å². The number of aromatic carboxylic acids is 1. The molecule has 0 spiro atoms. The van der Waals surface area contributed by atoms with Crippen LogP contribution in [0.15, 0.2) is 18.2 Å². The Morgan fingerprint density at radius 3 is 2.40 bits per heavy atom. The first-order chi connectivity index (χ1) is 7.02. The van der Waals surface area contributed by atoms with Gasteiger partial charge >= 0.3 is 5.97 Å². The molecule has 2 rings (SSSR count). The zero-order valence-electron chi connectivity index (χ0n) is 7.23. The van der Waals surface area contributed by atoms with Gasteiger partial charge in [0.2, 0.25) is 0 Å². The average Bonchev–Trinajstić information content (AvgIpc) is 2.44. The van der Waals surface area contributed by atoms with Crippen LogP contribution >= 0.6 is 16.1 Å². The number of carboxylic acids is 1. The van der Waals surface area contributed by atoms with Crippen LogP contribution in [-0.4, -0.2) is 26.8 Å². The quantitative estimate of drug-likeness (QED) is 0.616. The fraction of sp³-hybridized carbons (Fsp3) is 0. The molecule has 0 unspecified atom stereocenters. The maximum Gasteiger partial charge on any atom is 0.335 e. The van der Waals surface area contributed by atoms with Crippen molar-refractivity contribution in [3.05, 3.63) is 34.9 Å². The lowest BCUT2D eigenvalue weighted by Crippen LogP contribution is -2.17. The summed E-state index contributed by atoms with van der Waals surface area (Å²) in [7, 11) is 0. The van der Waals surface area contributed by atoms with E-state index >= 15 is 0 Å². The number of carbonyl (C=O) groups excluding carboxylic acids is 2. The molecule has 1 aromatic rings.